The molecule has 94 valence electrons. The van der Waals surface area contributed by atoms with Crippen LogP contribution in [0, 0.1) is 0 Å². The molecule has 0 radical (unpaired) electrons. The lowest BCUT2D eigenvalue weighted by Gasteiger charge is -2.26. The minimum atomic E-state index is -2.60. The van der Waals surface area contributed by atoms with Crippen molar-refractivity contribution >= 4 is 18.7 Å². The highest BCUT2D eigenvalue weighted by atomic mass is 28.4. The molecule has 2 rings (SSSR count). The van der Waals surface area contributed by atoms with Crippen LogP contribution < -0.4 is 16.1 Å². The van der Waals surface area contributed by atoms with Gasteiger partial charge in [0, 0.05) is 0 Å². The van der Waals surface area contributed by atoms with Crippen LogP contribution in [0.25, 0.3) is 0 Å². The van der Waals surface area contributed by atoms with Crippen LogP contribution >= 0.6 is 0 Å². The van der Waals surface area contributed by atoms with E-state index in [9.17, 15) is 4.80 Å². The number of nitrogens with two attached hydrogens (primary N) is 1. The first-order valence-corrected chi connectivity index (χ1v) is 8.46. The Morgan fingerprint density at radius 3 is 1.67 bits per heavy atom. The molecule has 18 heavy (non-hydrogen) atoms. The van der Waals surface area contributed by atoms with Crippen molar-refractivity contribution < 1.29 is 4.80 Å². The molecule has 2 aromatic rings. The fraction of sp³-hybridized carbons (Fsp3) is 0.200. The van der Waals surface area contributed by atoms with Gasteiger partial charge in [0.1, 0.15) is 0 Å². The molecule has 0 heterocycles. The summed E-state index contributed by atoms with van der Waals surface area (Å²) < 4.78 is 0. The van der Waals surface area contributed by atoms with E-state index >= 15 is 0 Å². The van der Waals surface area contributed by atoms with Crippen LogP contribution in [0.5, 0.6) is 0 Å². The first-order valence-electron chi connectivity index (χ1n) is 6.31. The summed E-state index contributed by atoms with van der Waals surface area (Å²) in [5.74, 6) is 0. The second-order valence-electron chi connectivity index (χ2n) is 4.48. The molecule has 2 nitrogen and oxygen atoms in total. The highest BCUT2D eigenvalue weighted by Gasteiger charge is 2.34. The number of hydrogen-bond acceptors (Lipinski definition) is 2. The van der Waals surface area contributed by atoms with E-state index in [0.29, 0.717) is 6.54 Å². The zero-order chi connectivity index (χ0) is 12.8. The van der Waals surface area contributed by atoms with E-state index in [0.717, 1.165) is 22.8 Å². The molecule has 0 atom stereocenters. The van der Waals surface area contributed by atoms with Crippen LogP contribution in [-0.2, 0) is 0 Å². The normalized spacial score (nSPS) is 11.4. The van der Waals surface area contributed by atoms with Gasteiger partial charge in [-0.15, -0.1) is 0 Å². The largest absolute Gasteiger partial charge is 0.424 e. The third-order valence-corrected chi connectivity index (χ3v) is 6.90. The monoisotopic (exact) mass is 257 g/mol. The molecule has 0 aromatic heterocycles. The van der Waals surface area contributed by atoms with E-state index in [1.165, 1.54) is 0 Å². The zero-order valence-corrected chi connectivity index (χ0v) is 11.4. The quantitative estimate of drug-likeness (QED) is 0.788. The Labute approximate surface area is 109 Å². The fourth-order valence-corrected chi connectivity index (χ4v) is 5.36. The number of hydrogen-bond donors (Lipinski definition) is 2. The SMILES string of the molecule is NCCC[Si](O)(c1ccccc1)c1ccccc1. The molecule has 0 amide bonds. The summed E-state index contributed by atoms with van der Waals surface area (Å²) in [7, 11) is -2.60. The van der Waals surface area contributed by atoms with Gasteiger partial charge in [-0.25, -0.2) is 0 Å². The molecule has 0 fully saturated rings. The van der Waals surface area contributed by atoms with Gasteiger partial charge in [0.05, 0.1) is 0 Å². The van der Waals surface area contributed by atoms with Crippen molar-refractivity contribution in [2.24, 2.45) is 5.73 Å². The van der Waals surface area contributed by atoms with Crippen LogP contribution in [0.4, 0.5) is 0 Å². The summed E-state index contributed by atoms with van der Waals surface area (Å²) in [6.07, 6.45) is 0.854. The lowest BCUT2D eigenvalue weighted by molar-refractivity contribution is 0.560. The zero-order valence-electron chi connectivity index (χ0n) is 10.4. The Kier molecular flexibility index (Phi) is 4.31. The fourth-order valence-electron chi connectivity index (χ4n) is 2.24. The van der Waals surface area contributed by atoms with Crippen LogP contribution in [0.1, 0.15) is 6.42 Å². The molecule has 3 N–H and O–H groups in total. The van der Waals surface area contributed by atoms with Crippen LogP contribution in [-0.4, -0.2) is 19.7 Å². The van der Waals surface area contributed by atoms with Gasteiger partial charge in [-0.05, 0) is 29.4 Å². The molecule has 2 aromatic carbocycles. The van der Waals surface area contributed by atoms with Gasteiger partial charge < -0.3 is 10.5 Å². The van der Waals surface area contributed by atoms with Crippen molar-refractivity contribution in [2.75, 3.05) is 6.54 Å². The van der Waals surface area contributed by atoms with Gasteiger partial charge in [-0.2, -0.15) is 0 Å². The molecule has 0 saturated heterocycles. The second kappa shape index (κ2) is 5.95. The lowest BCUT2D eigenvalue weighted by atomic mass is 10.4. The topological polar surface area (TPSA) is 46.2 Å². The maximum Gasteiger partial charge on any atom is 0.252 e. The predicted octanol–water partition coefficient (Wildman–Crippen LogP) is 1.09. The minimum Gasteiger partial charge on any atom is -0.424 e. The highest BCUT2D eigenvalue weighted by molar-refractivity contribution is 6.96. The van der Waals surface area contributed by atoms with E-state index < -0.39 is 8.32 Å². The smallest absolute Gasteiger partial charge is 0.252 e. The summed E-state index contributed by atoms with van der Waals surface area (Å²) in [6, 6.07) is 20.8. The predicted molar refractivity (Wildman–Crippen MR) is 78.6 cm³/mol. The molecule has 0 saturated carbocycles. The van der Waals surface area contributed by atoms with Gasteiger partial charge in [0.2, 0.25) is 0 Å². The third kappa shape index (κ3) is 2.69. The van der Waals surface area contributed by atoms with Gasteiger partial charge in [0.15, 0.2) is 0 Å². The highest BCUT2D eigenvalue weighted by Crippen LogP contribution is 2.10. The van der Waals surface area contributed by atoms with Gasteiger partial charge in [-0.3, -0.25) is 0 Å². The number of rotatable bonds is 5. The van der Waals surface area contributed by atoms with Crippen LogP contribution in [0.15, 0.2) is 60.7 Å². The van der Waals surface area contributed by atoms with Gasteiger partial charge >= 0.3 is 0 Å². The van der Waals surface area contributed by atoms with Crippen molar-refractivity contribution in [1.29, 1.82) is 0 Å². The standard InChI is InChI=1S/C15H19NOSi/c16-12-7-13-18(17,14-8-3-1-4-9-14)15-10-5-2-6-11-15/h1-6,8-11,17H,7,12-13,16H2. The molecule has 0 spiro atoms. The van der Waals surface area contributed by atoms with E-state index in [1.54, 1.807) is 0 Å². The Hall–Kier alpha value is -1.42. The summed E-state index contributed by atoms with van der Waals surface area (Å²) in [5, 5.41) is 2.12. The van der Waals surface area contributed by atoms with E-state index in [-0.39, 0.29) is 0 Å². The van der Waals surface area contributed by atoms with Crippen molar-refractivity contribution in [1.82, 2.24) is 0 Å². The molecule has 0 aliphatic carbocycles. The van der Waals surface area contributed by atoms with Gasteiger partial charge in [0.25, 0.3) is 8.32 Å². The molecule has 0 unspecified atom stereocenters. The van der Waals surface area contributed by atoms with E-state index in [4.69, 9.17) is 5.73 Å². The molecule has 0 aliphatic heterocycles. The van der Waals surface area contributed by atoms with Crippen molar-refractivity contribution in [2.45, 2.75) is 12.5 Å². The Balaban J connectivity index is 2.41. The Morgan fingerprint density at radius 1 is 0.833 bits per heavy atom. The second-order valence-corrected chi connectivity index (χ2v) is 7.86. The minimum absolute atomic E-state index is 0.620. The molecule has 3 heteroatoms. The van der Waals surface area contributed by atoms with Crippen LogP contribution in [0.3, 0.4) is 0 Å². The third-order valence-electron chi connectivity index (χ3n) is 3.25. The van der Waals surface area contributed by atoms with E-state index in [2.05, 4.69) is 0 Å². The van der Waals surface area contributed by atoms with Crippen LogP contribution in [0.2, 0.25) is 6.04 Å². The maximum absolute atomic E-state index is 11.2. The summed E-state index contributed by atoms with van der Waals surface area (Å²) in [4.78, 5) is 11.2. The lowest BCUT2D eigenvalue weighted by Crippen LogP contribution is -2.58. The molecular weight excluding hydrogens is 238 g/mol. The summed E-state index contributed by atoms with van der Waals surface area (Å²) in [5.41, 5.74) is 5.60. The van der Waals surface area contributed by atoms with Gasteiger partial charge in [-0.1, -0.05) is 60.7 Å². The van der Waals surface area contributed by atoms with E-state index in [1.807, 2.05) is 60.7 Å². The Bertz CT molecular complexity index is 433. The number of benzene rings is 2. The average molecular weight is 257 g/mol. The summed E-state index contributed by atoms with van der Waals surface area (Å²) >= 11 is 0. The maximum atomic E-state index is 11.2. The summed E-state index contributed by atoms with van der Waals surface area (Å²) in [6.45, 7) is 0.620. The van der Waals surface area contributed by atoms with Crippen molar-refractivity contribution in [3.05, 3.63) is 60.7 Å². The molecule has 0 bridgehead atoms. The van der Waals surface area contributed by atoms with Crippen molar-refractivity contribution in [3.8, 4) is 0 Å². The Morgan fingerprint density at radius 2 is 1.28 bits per heavy atom. The average Bonchev–Trinajstić information content (AvgIpc) is 2.46. The van der Waals surface area contributed by atoms with Crippen molar-refractivity contribution in [3.63, 3.8) is 0 Å². The first-order chi connectivity index (χ1) is 8.77. The molecular formula is C15H19NOSi. The first kappa shape index (κ1) is 13.0. The molecule has 0 aliphatic rings.